The Labute approximate surface area is 161 Å². The lowest BCUT2D eigenvalue weighted by Gasteiger charge is -2.12. The van der Waals surface area contributed by atoms with Gasteiger partial charge >= 0.3 is 0 Å². The molecular formula is C22H15ClN2O2. The summed E-state index contributed by atoms with van der Waals surface area (Å²) in [5, 5.41) is 13.9. The van der Waals surface area contributed by atoms with Crippen LogP contribution in [0, 0.1) is 0 Å². The number of phenols is 1. The van der Waals surface area contributed by atoms with Crippen LogP contribution >= 0.6 is 11.6 Å². The lowest BCUT2D eigenvalue weighted by molar-refractivity contribution is 0.102. The second kappa shape index (κ2) is 7.09. The van der Waals surface area contributed by atoms with Crippen molar-refractivity contribution in [2.75, 3.05) is 5.32 Å². The molecule has 0 spiro atoms. The van der Waals surface area contributed by atoms with E-state index in [1.807, 2.05) is 54.6 Å². The molecule has 4 rings (SSSR count). The molecular weight excluding hydrogens is 360 g/mol. The number of para-hydroxylation sites is 1. The first-order valence-corrected chi connectivity index (χ1v) is 8.75. The van der Waals surface area contributed by atoms with Crippen LogP contribution in [0.25, 0.3) is 22.2 Å². The molecule has 0 saturated carbocycles. The van der Waals surface area contributed by atoms with E-state index >= 15 is 0 Å². The molecule has 0 aliphatic rings. The third kappa shape index (κ3) is 3.48. The van der Waals surface area contributed by atoms with Gasteiger partial charge in [0.05, 0.1) is 22.5 Å². The molecule has 5 heteroatoms. The molecule has 0 atom stereocenters. The number of rotatable bonds is 3. The third-order valence-corrected chi connectivity index (χ3v) is 4.47. The molecule has 132 valence electrons. The zero-order valence-corrected chi connectivity index (χ0v) is 14.9. The number of pyridine rings is 1. The van der Waals surface area contributed by atoms with Crippen molar-refractivity contribution < 1.29 is 9.90 Å². The molecule has 0 radical (unpaired) electrons. The number of fused-ring (bicyclic) bond motifs is 1. The summed E-state index contributed by atoms with van der Waals surface area (Å²) in [6, 6.07) is 23.4. The SMILES string of the molecule is O=C(Nc1cc(Cl)ccc1O)c1cc(-c2ccccc2)nc2ccccc12. The number of carbonyl (C=O) groups is 1. The van der Waals surface area contributed by atoms with Gasteiger partial charge in [-0.3, -0.25) is 4.79 Å². The Hall–Kier alpha value is -3.37. The number of halogens is 1. The second-order valence-electron chi connectivity index (χ2n) is 6.05. The Bertz CT molecular complexity index is 1140. The Balaban J connectivity index is 1.82. The van der Waals surface area contributed by atoms with Gasteiger partial charge in [-0.05, 0) is 30.3 Å². The van der Waals surface area contributed by atoms with Crippen molar-refractivity contribution >= 4 is 34.1 Å². The van der Waals surface area contributed by atoms with Crippen LogP contribution in [0.1, 0.15) is 10.4 Å². The molecule has 2 N–H and O–H groups in total. The summed E-state index contributed by atoms with van der Waals surface area (Å²) in [5.74, 6) is -0.391. The van der Waals surface area contributed by atoms with Crippen LogP contribution in [-0.4, -0.2) is 16.0 Å². The number of benzene rings is 3. The normalized spacial score (nSPS) is 10.7. The smallest absolute Gasteiger partial charge is 0.256 e. The quantitative estimate of drug-likeness (QED) is 0.464. The molecule has 0 bridgehead atoms. The molecule has 27 heavy (non-hydrogen) atoms. The van der Waals surface area contributed by atoms with Gasteiger partial charge in [-0.25, -0.2) is 4.98 Å². The number of carbonyl (C=O) groups excluding carboxylic acids is 1. The van der Waals surface area contributed by atoms with Gasteiger partial charge in [-0.15, -0.1) is 0 Å². The van der Waals surface area contributed by atoms with Crippen LogP contribution in [0.5, 0.6) is 5.75 Å². The van der Waals surface area contributed by atoms with Gasteiger partial charge in [-0.1, -0.05) is 60.1 Å². The molecule has 0 aliphatic heterocycles. The summed E-state index contributed by atoms with van der Waals surface area (Å²) in [6.45, 7) is 0. The second-order valence-corrected chi connectivity index (χ2v) is 6.49. The average Bonchev–Trinajstić information content (AvgIpc) is 2.70. The number of anilines is 1. The van der Waals surface area contributed by atoms with Gasteiger partial charge in [0, 0.05) is 16.0 Å². The highest BCUT2D eigenvalue weighted by Crippen LogP contribution is 2.29. The lowest BCUT2D eigenvalue weighted by atomic mass is 10.0. The van der Waals surface area contributed by atoms with E-state index in [-0.39, 0.29) is 17.3 Å². The Morgan fingerprint density at radius 2 is 1.67 bits per heavy atom. The Kier molecular flexibility index (Phi) is 4.48. The van der Waals surface area contributed by atoms with Crippen molar-refractivity contribution in [3.05, 3.63) is 89.4 Å². The molecule has 1 amide bonds. The van der Waals surface area contributed by atoms with E-state index in [1.165, 1.54) is 12.1 Å². The summed E-state index contributed by atoms with van der Waals surface area (Å²) in [6.07, 6.45) is 0. The van der Waals surface area contributed by atoms with Gasteiger partial charge in [0.2, 0.25) is 0 Å². The monoisotopic (exact) mass is 374 g/mol. The van der Waals surface area contributed by atoms with E-state index < -0.39 is 0 Å². The van der Waals surface area contributed by atoms with E-state index in [0.717, 1.165) is 16.5 Å². The summed E-state index contributed by atoms with van der Waals surface area (Å²) < 4.78 is 0. The van der Waals surface area contributed by atoms with E-state index in [2.05, 4.69) is 10.3 Å². The molecule has 0 unspecified atom stereocenters. The highest BCUT2D eigenvalue weighted by Gasteiger charge is 2.15. The maximum atomic E-state index is 13.0. The molecule has 1 heterocycles. The first-order valence-electron chi connectivity index (χ1n) is 8.37. The van der Waals surface area contributed by atoms with Gasteiger partial charge in [0.25, 0.3) is 5.91 Å². The van der Waals surface area contributed by atoms with Crippen LogP contribution < -0.4 is 5.32 Å². The highest BCUT2D eigenvalue weighted by molar-refractivity contribution is 6.31. The summed E-state index contributed by atoms with van der Waals surface area (Å²) in [5.41, 5.74) is 3.07. The van der Waals surface area contributed by atoms with Crippen LogP contribution in [-0.2, 0) is 0 Å². The van der Waals surface area contributed by atoms with Crippen molar-refractivity contribution in [3.8, 4) is 17.0 Å². The van der Waals surface area contributed by atoms with Gasteiger partial charge in [-0.2, -0.15) is 0 Å². The Morgan fingerprint density at radius 3 is 2.48 bits per heavy atom. The minimum atomic E-state index is -0.344. The number of amides is 1. The predicted octanol–water partition coefficient (Wildman–Crippen LogP) is 5.51. The molecule has 4 aromatic rings. The van der Waals surface area contributed by atoms with E-state index in [0.29, 0.717) is 16.3 Å². The lowest BCUT2D eigenvalue weighted by Crippen LogP contribution is -2.13. The number of hydrogen-bond donors (Lipinski definition) is 2. The fourth-order valence-corrected chi connectivity index (χ4v) is 3.09. The third-order valence-electron chi connectivity index (χ3n) is 4.24. The van der Waals surface area contributed by atoms with Crippen molar-refractivity contribution in [3.63, 3.8) is 0 Å². The van der Waals surface area contributed by atoms with Crippen molar-refractivity contribution in [2.45, 2.75) is 0 Å². The number of nitrogens with one attached hydrogen (secondary N) is 1. The molecule has 0 saturated heterocycles. The van der Waals surface area contributed by atoms with Crippen LogP contribution in [0.2, 0.25) is 5.02 Å². The van der Waals surface area contributed by atoms with E-state index in [9.17, 15) is 9.90 Å². The topological polar surface area (TPSA) is 62.2 Å². The number of nitrogens with zero attached hydrogens (tertiary/aromatic N) is 1. The number of hydrogen-bond acceptors (Lipinski definition) is 3. The number of aromatic nitrogens is 1. The number of aromatic hydroxyl groups is 1. The first-order chi connectivity index (χ1) is 13.1. The molecule has 4 nitrogen and oxygen atoms in total. The summed E-state index contributed by atoms with van der Waals surface area (Å²) in [4.78, 5) is 17.7. The fraction of sp³-hybridized carbons (Fsp3) is 0. The van der Waals surface area contributed by atoms with Gasteiger partial charge in [0.1, 0.15) is 5.75 Å². The average molecular weight is 375 g/mol. The maximum Gasteiger partial charge on any atom is 0.256 e. The molecule has 1 aromatic heterocycles. The molecule has 0 aliphatic carbocycles. The fourth-order valence-electron chi connectivity index (χ4n) is 2.92. The minimum Gasteiger partial charge on any atom is -0.506 e. The first kappa shape index (κ1) is 17.1. The van der Waals surface area contributed by atoms with Gasteiger partial charge in [0.15, 0.2) is 0 Å². The summed E-state index contributed by atoms with van der Waals surface area (Å²) in [7, 11) is 0. The highest BCUT2D eigenvalue weighted by atomic mass is 35.5. The van der Waals surface area contributed by atoms with Crippen molar-refractivity contribution in [1.82, 2.24) is 4.98 Å². The largest absolute Gasteiger partial charge is 0.506 e. The molecule has 3 aromatic carbocycles. The number of phenolic OH excluding ortho intramolecular Hbond substituents is 1. The molecule has 0 fully saturated rings. The van der Waals surface area contributed by atoms with Gasteiger partial charge < -0.3 is 10.4 Å². The zero-order chi connectivity index (χ0) is 18.8. The van der Waals surface area contributed by atoms with E-state index in [1.54, 1.807) is 12.1 Å². The summed E-state index contributed by atoms with van der Waals surface area (Å²) >= 11 is 5.97. The Morgan fingerprint density at radius 1 is 0.926 bits per heavy atom. The van der Waals surface area contributed by atoms with Crippen molar-refractivity contribution in [2.24, 2.45) is 0 Å². The standard InChI is InChI=1S/C22H15ClN2O2/c23-15-10-11-21(26)20(12-15)25-22(27)17-13-19(14-6-2-1-3-7-14)24-18-9-5-4-8-16(17)18/h1-13,26H,(H,25,27). The van der Waals surface area contributed by atoms with Crippen LogP contribution in [0.3, 0.4) is 0 Å². The van der Waals surface area contributed by atoms with E-state index in [4.69, 9.17) is 11.6 Å². The maximum absolute atomic E-state index is 13.0. The van der Waals surface area contributed by atoms with Crippen molar-refractivity contribution in [1.29, 1.82) is 0 Å². The van der Waals surface area contributed by atoms with Crippen LogP contribution in [0.4, 0.5) is 5.69 Å². The van der Waals surface area contributed by atoms with Crippen LogP contribution in [0.15, 0.2) is 78.9 Å². The zero-order valence-electron chi connectivity index (χ0n) is 14.2. The predicted molar refractivity (Wildman–Crippen MR) is 108 cm³/mol. The minimum absolute atomic E-state index is 0.0469.